The smallest absolute Gasteiger partial charge is 0.133 e. The second-order valence-corrected chi connectivity index (χ2v) is 4.75. The molecule has 0 radical (unpaired) electrons. The summed E-state index contributed by atoms with van der Waals surface area (Å²) in [6.45, 7) is 1.25. The van der Waals surface area contributed by atoms with E-state index in [-0.39, 0.29) is 6.67 Å². The Hall–Kier alpha value is -0.610. The summed E-state index contributed by atoms with van der Waals surface area (Å²) in [7, 11) is 1.92. The van der Waals surface area contributed by atoms with Gasteiger partial charge in [-0.1, -0.05) is 6.07 Å². The van der Waals surface area contributed by atoms with E-state index in [1.54, 1.807) is 0 Å². The Morgan fingerprint density at radius 1 is 1.29 bits per heavy atom. The van der Waals surface area contributed by atoms with Crippen molar-refractivity contribution in [2.45, 2.75) is 25.8 Å². The molecule has 1 aromatic carbocycles. The van der Waals surface area contributed by atoms with Crippen LogP contribution >= 0.6 is 15.9 Å². The molecule has 0 bridgehead atoms. The Kier molecular flexibility index (Phi) is 7.21. The van der Waals surface area contributed by atoms with Crippen LogP contribution in [-0.2, 0) is 6.54 Å². The van der Waals surface area contributed by atoms with Gasteiger partial charge in [-0.2, -0.15) is 0 Å². The third kappa shape index (κ3) is 5.50. The van der Waals surface area contributed by atoms with E-state index in [0.717, 1.165) is 29.6 Å². The highest BCUT2D eigenvalue weighted by molar-refractivity contribution is 9.10. The van der Waals surface area contributed by atoms with Gasteiger partial charge in [0.15, 0.2) is 0 Å². The zero-order chi connectivity index (χ0) is 12.5. The van der Waals surface area contributed by atoms with Gasteiger partial charge in [-0.15, -0.1) is 0 Å². The second kappa shape index (κ2) is 8.48. The van der Waals surface area contributed by atoms with Crippen molar-refractivity contribution < 1.29 is 9.13 Å². The first-order chi connectivity index (χ1) is 8.27. The van der Waals surface area contributed by atoms with Crippen LogP contribution in [0.1, 0.15) is 24.8 Å². The molecule has 0 saturated heterocycles. The van der Waals surface area contributed by atoms with E-state index in [4.69, 9.17) is 4.74 Å². The van der Waals surface area contributed by atoms with Crippen LogP contribution in [0.15, 0.2) is 22.7 Å². The fourth-order valence-corrected chi connectivity index (χ4v) is 2.07. The molecule has 2 nitrogen and oxygen atoms in total. The molecule has 1 aromatic rings. The zero-order valence-electron chi connectivity index (χ0n) is 10.1. The van der Waals surface area contributed by atoms with Gasteiger partial charge in [0.1, 0.15) is 5.75 Å². The van der Waals surface area contributed by atoms with Crippen LogP contribution in [-0.4, -0.2) is 20.3 Å². The molecule has 0 fully saturated rings. The predicted molar refractivity (Wildman–Crippen MR) is 72.2 cm³/mol. The zero-order valence-corrected chi connectivity index (χ0v) is 11.7. The van der Waals surface area contributed by atoms with Crippen LogP contribution in [0.25, 0.3) is 0 Å². The Labute approximate surface area is 111 Å². The molecule has 0 aliphatic rings. The molecule has 0 atom stereocenters. The molecular weight excluding hydrogens is 285 g/mol. The third-order valence-corrected chi connectivity index (χ3v) is 3.03. The summed E-state index contributed by atoms with van der Waals surface area (Å²) in [5.41, 5.74) is 1.21. The normalized spacial score (nSPS) is 10.5. The lowest BCUT2D eigenvalue weighted by atomic mass is 10.2. The van der Waals surface area contributed by atoms with Crippen molar-refractivity contribution in [3.05, 3.63) is 28.2 Å². The summed E-state index contributed by atoms with van der Waals surface area (Å²) in [5.74, 6) is 0.852. The lowest BCUT2D eigenvalue weighted by Gasteiger charge is -2.09. The van der Waals surface area contributed by atoms with E-state index in [1.807, 2.05) is 25.2 Å². The van der Waals surface area contributed by atoms with E-state index in [2.05, 4.69) is 21.2 Å². The highest BCUT2D eigenvalue weighted by Gasteiger charge is 2.02. The van der Waals surface area contributed by atoms with Crippen molar-refractivity contribution in [2.24, 2.45) is 0 Å². The highest BCUT2D eigenvalue weighted by Crippen LogP contribution is 2.26. The molecule has 4 heteroatoms. The van der Waals surface area contributed by atoms with Gasteiger partial charge >= 0.3 is 0 Å². The SMILES string of the molecule is CNCc1ccc(OCCCCCF)c(Br)c1. The fourth-order valence-electron chi connectivity index (χ4n) is 1.53. The molecule has 0 aliphatic carbocycles. The highest BCUT2D eigenvalue weighted by atomic mass is 79.9. The quantitative estimate of drug-likeness (QED) is 0.740. The summed E-state index contributed by atoms with van der Waals surface area (Å²) in [5, 5.41) is 3.10. The fraction of sp³-hybridized carbons (Fsp3) is 0.538. The number of ether oxygens (including phenoxy) is 1. The van der Waals surface area contributed by atoms with Crippen LogP contribution in [0.5, 0.6) is 5.75 Å². The number of hydrogen-bond acceptors (Lipinski definition) is 2. The van der Waals surface area contributed by atoms with Gasteiger partial charge in [0.2, 0.25) is 0 Å². The monoisotopic (exact) mass is 303 g/mol. The van der Waals surface area contributed by atoms with E-state index in [0.29, 0.717) is 13.0 Å². The molecule has 0 aromatic heterocycles. The number of hydrogen-bond donors (Lipinski definition) is 1. The molecule has 0 spiro atoms. The molecule has 0 unspecified atom stereocenters. The maximum absolute atomic E-state index is 11.9. The molecule has 0 saturated carbocycles. The standard InChI is InChI=1S/C13H19BrFNO/c1-16-10-11-5-6-13(12(14)9-11)17-8-4-2-3-7-15/h5-6,9,16H,2-4,7-8,10H2,1H3. The van der Waals surface area contributed by atoms with Gasteiger partial charge < -0.3 is 10.1 Å². The van der Waals surface area contributed by atoms with Crippen molar-refractivity contribution in [1.82, 2.24) is 5.32 Å². The largest absolute Gasteiger partial charge is 0.492 e. The van der Waals surface area contributed by atoms with E-state index in [1.165, 1.54) is 5.56 Å². The van der Waals surface area contributed by atoms with E-state index >= 15 is 0 Å². The van der Waals surface area contributed by atoms with Crippen LogP contribution in [0, 0.1) is 0 Å². The van der Waals surface area contributed by atoms with E-state index in [9.17, 15) is 4.39 Å². The first kappa shape index (κ1) is 14.5. The average Bonchev–Trinajstić information content (AvgIpc) is 2.32. The van der Waals surface area contributed by atoms with Gasteiger partial charge in [-0.3, -0.25) is 4.39 Å². The van der Waals surface area contributed by atoms with E-state index < -0.39 is 0 Å². The minimum absolute atomic E-state index is 0.234. The topological polar surface area (TPSA) is 21.3 Å². The van der Waals surface area contributed by atoms with Crippen LogP contribution in [0.4, 0.5) is 4.39 Å². The summed E-state index contributed by atoms with van der Waals surface area (Å²) in [6.07, 6.45) is 2.41. The Morgan fingerprint density at radius 2 is 2.12 bits per heavy atom. The Morgan fingerprint density at radius 3 is 2.76 bits per heavy atom. The molecule has 0 amide bonds. The molecule has 0 aliphatic heterocycles. The van der Waals surface area contributed by atoms with Gasteiger partial charge in [-0.25, -0.2) is 0 Å². The molecule has 17 heavy (non-hydrogen) atoms. The molecule has 96 valence electrons. The Bertz CT molecular complexity index is 333. The predicted octanol–water partition coefficient (Wildman–Crippen LogP) is 3.69. The summed E-state index contributed by atoms with van der Waals surface area (Å²) >= 11 is 3.49. The molecule has 0 heterocycles. The summed E-state index contributed by atoms with van der Waals surface area (Å²) < 4.78 is 18.5. The Balaban J connectivity index is 2.38. The van der Waals surface area contributed by atoms with Gasteiger partial charge in [0.05, 0.1) is 17.8 Å². The number of nitrogens with one attached hydrogen (secondary N) is 1. The number of rotatable bonds is 8. The maximum atomic E-state index is 11.9. The minimum atomic E-state index is -0.234. The lowest BCUT2D eigenvalue weighted by Crippen LogP contribution is -2.05. The first-order valence-corrected chi connectivity index (χ1v) is 6.69. The van der Waals surface area contributed by atoms with Crippen molar-refractivity contribution in [3.63, 3.8) is 0 Å². The van der Waals surface area contributed by atoms with Crippen molar-refractivity contribution in [1.29, 1.82) is 0 Å². The number of alkyl halides is 1. The molecular formula is C13H19BrFNO. The average molecular weight is 304 g/mol. The summed E-state index contributed by atoms with van der Waals surface area (Å²) in [6, 6.07) is 6.05. The minimum Gasteiger partial charge on any atom is -0.492 e. The lowest BCUT2D eigenvalue weighted by molar-refractivity contribution is 0.299. The van der Waals surface area contributed by atoms with Crippen LogP contribution in [0.3, 0.4) is 0 Å². The van der Waals surface area contributed by atoms with Gasteiger partial charge in [0, 0.05) is 6.54 Å². The van der Waals surface area contributed by atoms with Gasteiger partial charge in [-0.05, 0) is 59.9 Å². The maximum Gasteiger partial charge on any atom is 0.133 e. The van der Waals surface area contributed by atoms with Gasteiger partial charge in [0.25, 0.3) is 0 Å². The van der Waals surface area contributed by atoms with Crippen molar-refractivity contribution in [3.8, 4) is 5.75 Å². The van der Waals surface area contributed by atoms with Crippen LogP contribution < -0.4 is 10.1 Å². The number of benzene rings is 1. The summed E-state index contributed by atoms with van der Waals surface area (Å²) in [4.78, 5) is 0. The first-order valence-electron chi connectivity index (χ1n) is 5.89. The second-order valence-electron chi connectivity index (χ2n) is 3.89. The number of unbranched alkanes of at least 4 members (excludes halogenated alkanes) is 2. The molecule has 1 rings (SSSR count). The van der Waals surface area contributed by atoms with Crippen molar-refractivity contribution in [2.75, 3.05) is 20.3 Å². The molecule has 1 N–H and O–H groups in total. The third-order valence-electron chi connectivity index (χ3n) is 2.41. The number of halogens is 2. The van der Waals surface area contributed by atoms with Crippen LogP contribution in [0.2, 0.25) is 0 Å². The van der Waals surface area contributed by atoms with Crippen molar-refractivity contribution >= 4 is 15.9 Å².